The number of amides is 1. The monoisotopic (exact) mass is 549 g/mol. The van der Waals surface area contributed by atoms with Gasteiger partial charge < -0.3 is 9.64 Å². The molecule has 0 saturated heterocycles. The number of rotatable bonds is 9. The molecule has 0 atom stereocenters. The van der Waals surface area contributed by atoms with Crippen molar-refractivity contribution in [1.82, 2.24) is 24.6 Å². The number of methoxy groups -OCH3 is 1. The first-order valence-corrected chi connectivity index (χ1v) is 13.7. The van der Waals surface area contributed by atoms with Crippen molar-refractivity contribution >= 4 is 34.6 Å². The molecule has 1 saturated carbocycles. The predicted molar refractivity (Wildman–Crippen MR) is 148 cm³/mol. The van der Waals surface area contributed by atoms with Crippen LogP contribution >= 0.6 is 22.9 Å². The van der Waals surface area contributed by atoms with Crippen molar-refractivity contribution < 1.29 is 14.3 Å². The first-order chi connectivity index (χ1) is 18.4. The molecule has 0 unspecified atom stereocenters. The minimum absolute atomic E-state index is 0.0319. The van der Waals surface area contributed by atoms with Gasteiger partial charge in [0, 0.05) is 36.1 Å². The number of aromatic nitrogens is 4. The molecular weight excluding hydrogens is 522 g/mol. The quantitative estimate of drug-likeness (QED) is 0.237. The van der Waals surface area contributed by atoms with Gasteiger partial charge in [-0.25, -0.2) is 9.67 Å². The van der Waals surface area contributed by atoms with Gasteiger partial charge in [-0.05, 0) is 62.2 Å². The number of hydrogen-bond acceptors (Lipinski definition) is 7. The molecule has 10 heteroatoms. The van der Waals surface area contributed by atoms with Crippen molar-refractivity contribution in [3.63, 3.8) is 0 Å². The first-order valence-electron chi connectivity index (χ1n) is 12.6. The maximum atomic E-state index is 13.6. The number of pyridine rings is 1. The molecule has 0 N–H and O–H groups in total. The molecule has 5 rings (SSSR count). The number of hydrogen-bond donors (Lipinski definition) is 0. The largest absolute Gasteiger partial charge is 0.495 e. The van der Waals surface area contributed by atoms with Gasteiger partial charge in [-0.2, -0.15) is 5.10 Å². The van der Waals surface area contributed by atoms with Crippen molar-refractivity contribution in [2.45, 2.75) is 45.2 Å². The number of Topliss-reactive ketones (excluding diaryl/α,β-unsaturated/α-hetero) is 1. The molecule has 1 amide bonds. The van der Waals surface area contributed by atoms with Crippen molar-refractivity contribution in [3.8, 4) is 28.5 Å². The van der Waals surface area contributed by atoms with Gasteiger partial charge in [0.2, 0.25) is 0 Å². The van der Waals surface area contributed by atoms with Crippen molar-refractivity contribution in [1.29, 1.82) is 0 Å². The van der Waals surface area contributed by atoms with Crippen LogP contribution in [0.25, 0.3) is 22.8 Å². The molecule has 1 aromatic carbocycles. The number of nitrogens with zero attached hydrogens (tertiary/aromatic N) is 5. The highest BCUT2D eigenvalue weighted by molar-refractivity contribution is 7.15. The Balaban J connectivity index is 1.47. The van der Waals surface area contributed by atoms with Gasteiger partial charge in [0.05, 0.1) is 28.4 Å². The lowest BCUT2D eigenvalue weighted by molar-refractivity contribution is 0.0677. The lowest BCUT2D eigenvalue weighted by Crippen LogP contribution is -2.40. The van der Waals surface area contributed by atoms with Crippen molar-refractivity contribution in [2.75, 3.05) is 13.7 Å². The Bertz CT molecular complexity index is 1450. The minimum Gasteiger partial charge on any atom is -0.495 e. The molecule has 0 spiro atoms. The van der Waals surface area contributed by atoms with Crippen LogP contribution in [0.15, 0.2) is 54.9 Å². The highest BCUT2D eigenvalue weighted by Gasteiger charge is 2.29. The maximum absolute atomic E-state index is 13.6. The van der Waals surface area contributed by atoms with Crippen LogP contribution < -0.4 is 4.74 Å². The van der Waals surface area contributed by atoms with E-state index < -0.39 is 0 Å². The van der Waals surface area contributed by atoms with Gasteiger partial charge in [0.25, 0.3) is 5.91 Å². The van der Waals surface area contributed by atoms with Gasteiger partial charge in [-0.1, -0.05) is 24.4 Å². The molecule has 4 aromatic rings. The fourth-order valence-corrected chi connectivity index (χ4v) is 5.91. The Labute approximate surface area is 230 Å². The van der Waals surface area contributed by atoms with E-state index in [0.29, 0.717) is 45.3 Å². The number of halogens is 1. The molecular formula is C28H28ClN5O3S. The van der Waals surface area contributed by atoms with Crippen LogP contribution in [-0.4, -0.2) is 56.0 Å². The minimum atomic E-state index is -0.0436. The second-order valence-electron chi connectivity index (χ2n) is 9.22. The summed E-state index contributed by atoms with van der Waals surface area (Å²) in [7, 11) is 1.58. The molecule has 38 heavy (non-hydrogen) atoms. The predicted octanol–water partition coefficient (Wildman–Crippen LogP) is 6.02. The van der Waals surface area contributed by atoms with Crippen LogP contribution in [0.4, 0.5) is 0 Å². The highest BCUT2D eigenvalue weighted by atomic mass is 35.5. The Kier molecular flexibility index (Phi) is 7.85. The number of ketones is 1. The third kappa shape index (κ3) is 5.49. The molecule has 1 aliphatic rings. The van der Waals surface area contributed by atoms with E-state index in [4.69, 9.17) is 26.4 Å². The molecule has 0 bridgehead atoms. The third-order valence-corrected chi connectivity index (χ3v) is 8.23. The van der Waals surface area contributed by atoms with E-state index >= 15 is 0 Å². The lowest BCUT2D eigenvalue weighted by atomic mass is 10.2. The van der Waals surface area contributed by atoms with E-state index in [9.17, 15) is 9.59 Å². The standard InChI is InChI=1S/C28H28ClN5O3S/c1-18(35)24-9-10-25(38-24)28(36)33(21-5-3-4-6-21)15-16-34-27(20-7-8-23(37-2)22(29)17-20)31-26(32-34)19-11-13-30-14-12-19/h7-14,17,21H,3-6,15-16H2,1-2H3. The summed E-state index contributed by atoms with van der Waals surface area (Å²) in [6, 6.07) is 12.9. The number of thiophene rings is 1. The normalized spacial score (nSPS) is 13.6. The Morgan fingerprint density at radius 3 is 2.47 bits per heavy atom. The number of ether oxygens (including phenoxy) is 1. The first kappa shape index (κ1) is 26.1. The van der Waals surface area contributed by atoms with Crippen molar-refractivity contribution in [2.24, 2.45) is 0 Å². The summed E-state index contributed by atoms with van der Waals surface area (Å²) in [5, 5.41) is 5.29. The van der Waals surface area contributed by atoms with E-state index in [1.807, 2.05) is 33.8 Å². The van der Waals surface area contributed by atoms with Gasteiger partial charge in [0.15, 0.2) is 17.4 Å². The summed E-state index contributed by atoms with van der Waals surface area (Å²) < 4.78 is 7.15. The average Bonchev–Trinajstić information content (AvgIpc) is 3.71. The van der Waals surface area contributed by atoms with Gasteiger partial charge in [-0.3, -0.25) is 14.6 Å². The number of carbonyl (C=O) groups is 2. The Morgan fingerprint density at radius 2 is 1.82 bits per heavy atom. The summed E-state index contributed by atoms with van der Waals surface area (Å²) in [6.07, 6.45) is 7.55. The zero-order valence-electron chi connectivity index (χ0n) is 21.3. The van der Waals surface area contributed by atoms with Gasteiger partial charge in [0.1, 0.15) is 5.75 Å². The number of carbonyl (C=O) groups excluding carboxylic acids is 2. The Hall–Kier alpha value is -3.56. The van der Waals surface area contributed by atoms with E-state index in [-0.39, 0.29) is 17.7 Å². The summed E-state index contributed by atoms with van der Waals surface area (Å²) in [4.78, 5) is 37.5. The van der Waals surface area contributed by atoms with E-state index in [1.54, 1.807) is 37.7 Å². The third-order valence-electron chi connectivity index (χ3n) is 6.76. The average molecular weight is 550 g/mol. The summed E-state index contributed by atoms with van der Waals surface area (Å²) >= 11 is 7.69. The van der Waals surface area contributed by atoms with Crippen LogP contribution in [0, 0.1) is 0 Å². The smallest absolute Gasteiger partial charge is 0.264 e. The van der Waals surface area contributed by atoms with Crippen LogP contribution in [-0.2, 0) is 6.54 Å². The molecule has 1 aliphatic carbocycles. The van der Waals surface area contributed by atoms with E-state index in [0.717, 1.165) is 36.8 Å². The van der Waals surface area contributed by atoms with E-state index in [2.05, 4.69) is 4.98 Å². The lowest BCUT2D eigenvalue weighted by Gasteiger charge is -2.28. The molecule has 0 aliphatic heterocycles. The molecule has 3 aromatic heterocycles. The summed E-state index contributed by atoms with van der Waals surface area (Å²) in [6.45, 7) is 2.43. The molecule has 3 heterocycles. The van der Waals surface area contributed by atoms with E-state index in [1.165, 1.54) is 18.3 Å². The maximum Gasteiger partial charge on any atom is 0.264 e. The van der Waals surface area contributed by atoms with Gasteiger partial charge >= 0.3 is 0 Å². The zero-order valence-corrected chi connectivity index (χ0v) is 22.8. The molecule has 0 radical (unpaired) electrons. The molecule has 8 nitrogen and oxygen atoms in total. The van der Waals surface area contributed by atoms with Crippen LogP contribution in [0.3, 0.4) is 0 Å². The topological polar surface area (TPSA) is 90.2 Å². The SMILES string of the molecule is COc1ccc(-c2nc(-c3ccncc3)nn2CCN(C(=O)c2ccc(C(C)=O)s2)C2CCCC2)cc1Cl. The van der Waals surface area contributed by atoms with Crippen LogP contribution in [0.5, 0.6) is 5.75 Å². The fraction of sp³-hybridized carbons (Fsp3) is 0.321. The van der Waals surface area contributed by atoms with Crippen LogP contribution in [0.2, 0.25) is 5.02 Å². The fourth-order valence-electron chi connectivity index (χ4n) is 4.79. The van der Waals surface area contributed by atoms with Crippen LogP contribution in [0.1, 0.15) is 52.0 Å². The second kappa shape index (κ2) is 11.4. The second-order valence-corrected chi connectivity index (χ2v) is 10.7. The summed E-state index contributed by atoms with van der Waals surface area (Å²) in [5.41, 5.74) is 1.64. The van der Waals surface area contributed by atoms with Gasteiger partial charge in [-0.15, -0.1) is 11.3 Å². The Morgan fingerprint density at radius 1 is 1.08 bits per heavy atom. The zero-order chi connectivity index (χ0) is 26.6. The highest BCUT2D eigenvalue weighted by Crippen LogP contribution is 2.31. The van der Waals surface area contributed by atoms with Crippen molar-refractivity contribution in [3.05, 3.63) is 69.6 Å². The molecule has 196 valence electrons. The number of benzene rings is 1. The summed E-state index contributed by atoms with van der Waals surface area (Å²) in [5.74, 6) is 1.72. The molecule has 1 fully saturated rings.